The zero-order chi connectivity index (χ0) is 19.9. The molecule has 3 rings (SSSR count). The zero-order valence-corrected chi connectivity index (χ0v) is 16.2. The molecule has 1 atom stereocenters. The van der Waals surface area contributed by atoms with E-state index in [1.165, 1.54) is 37.1 Å². The van der Waals surface area contributed by atoms with E-state index in [1.807, 2.05) is 0 Å². The molecular formula is C21H30FN3O3. The molecule has 1 unspecified atom stereocenters. The SMILES string of the molecule is O=C(NCCN1CCCC1)C1CCC(NC(=O)C(O)c2ccc(F)cc2)CC1. The van der Waals surface area contributed by atoms with Gasteiger partial charge in [-0.3, -0.25) is 9.59 Å². The minimum absolute atomic E-state index is 0.00579. The molecule has 7 heteroatoms. The molecule has 2 amide bonds. The normalized spacial score (nSPS) is 23.9. The summed E-state index contributed by atoms with van der Waals surface area (Å²) in [5.41, 5.74) is 0.366. The molecule has 2 aliphatic rings. The number of benzene rings is 1. The second-order valence-electron chi connectivity index (χ2n) is 7.85. The smallest absolute Gasteiger partial charge is 0.253 e. The summed E-state index contributed by atoms with van der Waals surface area (Å²) in [6.07, 6.45) is 4.07. The minimum Gasteiger partial charge on any atom is -0.378 e. The molecule has 2 fully saturated rings. The summed E-state index contributed by atoms with van der Waals surface area (Å²) in [7, 11) is 0. The first-order valence-electron chi connectivity index (χ1n) is 10.3. The number of rotatable bonds is 7. The first kappa shape index (κ1) is 20.7. The number of carbonyl (C=O) groups is 2. The van der Waals surface area contributed by atoms with Gasteiger partial charge in [0.1, 0.15) is 5.82 Å². The van der Waals surface area contributed by atoms with Crippen LogP contribution >= 0.6 is 0 Å². The highest BCUT2D eigenvalue weighted by Gasteiger charge is 2.28. The first-order chi connectivity index (χ1) is 13.5. The van der Waals surface area contributed by atoms with Crippen LogP contribution in [0.1, 0.15) is 50.2 Å². The van der Waals surface area contributed by atoms with Crippen molar-refractivity contribution in [1.82, 2.24) is 15.5 Å². The Bertz CT molecular complexity index is 653. The quantitative estimate of drug-likeness (QED) is 0.661. The summed E-state index contributed by atoms with van der Waals surface area (Å²) in [6, 6.07) is 5.21. The molecule has 0 spiro atoms. The van der Waals surface area contributed by atoms with E-state index in [4.69, 9.17) is 0 Å². The highest BCUT2D eigenvalue weighted by atomic mass is 19.1. The Hall–Kier alpha value is -1.99. The monoisotopic (exact) mass is 391 g/mol. The van der Waals surface area contributed by atoms with Gasteiger partial charge in [-0.2, -0.15) is 0 Å². The lowest BCUT2D eigenvalue weighted by Gasteiger charge is -2.29. The number of amides is 2. The summed E-state index contributed by atoms with van der Waals surface area (Å²) >= 11 is 0. The average Bonchev–Trinajstić information content (AvgIpc) is 3.22. The van der Waals surface area contributed by atoms with Gasteiger partial charge in [-0.25, -0.2) is 4.39 Å². The fraction of sp³-hybridized carbons (Fsp3) is 0.619. The first-order valence-corrected chi connectivity index (χ1v) is 10.3. The number of likely N-dealkylation sites (tertiary alicyclic amines) is 1. The summed E-state index contributed by atoms with van der Waals surface area (Å²) in [5.74, 6) is -0.789. The van der Waals surface area contributed by atoms with Gasteiger partial charge in [0.2, 0.25) is 5.91 Å². The molecule has 1 aromatic carbocycles. The van der Waals surface area contributed by atoms with Crippen LogP contribution in [0.5, 0.6) is 0 Å². The van der Waals surface area contributed by atoms with Gasteiger partial charge in [-0.05, 0) is 69.3 Å². The molecule has 1 aromatic rings. The molecule has 0 bridgehead atoms. The third-order valence-electron chi connectivity index (χ3n) is 5.80. The van der Waals surface area contributed by atoms with Crippen molar-refractivity contribution in [3.05, 3.63) is 35.6 Å². The zero-order valence-electron chi connectivity index (χ0n) is 16.2. The number of aliphatic hydroxyl groups excluding tert-OH is 1. The van der Waals surface area contributed by atoms with Gasteiger partial charge in [0.05, 0.1) is 0 Å². The highest BCUT2D eigenvalue weighted by Crippen LogP contribution is 2.25. The predicted octanol–water partition coefficient (Wildman–Crippen LogP) is 1.75. The van der Waals surface area contributed by atoms with Crippen LogP contribution in [0.2, 0.25) is 0 Å². The fourth-order valence-corrected chi connectivity index (χ4v) is 4.06. The number of hydrogen-bond donors (Lipinski definition) is 3. The van der Waals surface area contributed by atoms with Crippen molar-refractivity contribution >= 4 is 11.8 Å². The molecule has 154 valence electrons. The van der Waals surface area contributed by atoms with Crippen LogP contribution in [-0.4, -0.2) is 54.0 Å². The number of halogens is 1. The van der Waals surface area contributed by atoms with Crippen molar-refractivity contribution in [3.63, 3.8) is 0 Å². The Morgan fingerprint density at radius 1 is 1.11 bits per heavy atom. The number of carbonyl (C=O) groups excluding carboxylic acids is 2. The molecule has 28 heavy (non-hydrogen) atoms. The largest absolute Gasteiger partial charge is 0.378 e. The lowest BCUT2D eigenvalue weighted by molar-refractivity contribution is -0.130. The van der Waals surface area contributed by atoms with E-state index in [9.17, 15) is 19.1 Å². The maximum atomic E-state index is 13.0. The molecule has 1 saturated carbocycles. The van der Waals surface area contributed by atoms with Gasteiger partial charge in [0, 0.05) is 25.0 Å². The van der Waals surface area contributed by atoms with Crippen molar-refractivity contribution in [3.8, 4) is 0 Å². The van der Waals surface area contributed by atoms with Gasteiger partial charge >= 0.3 is 0 Å². The number of hydrogen-bond acceptors (Lipinski definition) is 4. The van der Waals surface area contributed by atoms with Crippen LogP contribution in [-0.2, 0) is 9.59 Å². The molecule has 3 N–H and O–H groups in total. The maximum absolute atomic E-state index is 13.0. The summed E-state index contributed by atoms with van der Waals surface area (Å²) < 4.78 is 13.0. The van der Waals surface area contributed by atoms with E-state index >= 15 is 0 Å². The number of aliphatic hydroxyl groups is 1. The van der Waals surface area contributed by atoms with Crippen molar-refractivity contribution in [1.29, 1.82) is 0 Å². The second kappa shape index (κ2) is 9.98. The molecule has 6 nitrogen and oxygen atoms in total. The Morgan fingerprint density at radius 2 is 1.75 bits per heavy atom. The molecular weight excluding hydrogens is 361 g/mol. The van der Waals surface area contributed by atoms with E-state index in [0.717, 1.165) is 32.5 Å². The lowest BCUT2D eigenvalue weighted by atomic mass is 9.85. The molecule has 0 aromatic heterocycles. The Balaban J connectivity index is 1.36. The van der Waals surface area contributed by atoms with E-state index in [1.54, 1.807) is 0 Å². The minimum atomic E-state index is -1.31. The lowest BCUT2D eigenvalue weighted by Crippen LogP contribution is -2.43. The fourth-order valence-electron chi connectivity index (χ4n) is 4.06. The van der Waals surface area contributed by atoms with Crippen LogP contribution in [0, 0.1) is 11.7 Å². The van der Waals surface area contributed by atoms with Crippen LogP contribution in [0.15, 0.2) is 24.3 Å². The Labute approximate surface area is 165 Å². The highest BCUT2D eigenvalue weighted by molar-refractivity contribution is 5.82. The number of nitrogens with zero attached hydrogens (tertiary/aromatic N) is 1. The Kier molecular flexibility index (Phi) is 7.39. The summed E-state index contributed by atoms with van der Waals surface area (Å²) in [5, 5.41) is 16.0. The summed E-state index contributed by atoms with van der Waals surface area (Å²) in [4.78, 5) is 26.9. The van der Waals surface area contributed by atoms with Gasteiger partial charge in [-0.15, -0.1) is 0 Å². The van der Waals surface area contributed by atoms with Gasteiger partial charge in [0.25, 0.3) is 5.91 Å². The van der Waals surface area contributed by atoms with Crippen LogP contribution in [0.4, 0.5) is 4.39 Å². The van der Waals surface area contributed by atoms with Crippen molar-refractivity contribution < 1.29 is 19.1 Å². The van der Waals surface area contributed by atoms with Crippen LogP contribution < -0.4 is 10.6 Å². The van der Waals surface area contributed by atoms with Gasteiger partial charge in [-0.1, -0.05) is 12.1 Å². The molecule has 1 aliphatic heterocycles. The molecule has 1 saturated heterocycles. The van der Waals surface area contributed by atoms with E-state index in [-0.39, 0.29) is 17.9 Å². The van der Waals surface area contributed by atoms with Crippen molar-refractivity contribution in [2.75, 3.05) is 26.2 Å². The number of nitrogens with one attached hydrogen (secondary N) is 2. The standard InChI is InChI=1S/C21H30FN3O3/c22-17-7-3-15(4-8-17)19(26)21(28)24-18-9-5-16(6-10-18)20(27)23-11-14-25-12-1-2-13-25/h3-4,7-8,16,18-19,26H,1-2,5-6,9-14H2,(H,23,27)(H,24,28). The third kappa shape index (κ3) is 5.75. The molecule has 0 radical (unpaired) electrons. The molecule has 1 heterocycles. The van der Waals surface area contributed by atoms with Crippen molar-refractivity contribution in [2.45, 2.75) is 50.7 Å². The van der Waals surface area contributed by atoms with Crippen LogP contribution in [0.3, 0.4) is 0 Å². The van der Waals surface area contributed by atoms with E-state index < -0.39 is 17.8 Å². The molecule has 1 aliphatic carbocycles. The Morgan fingerprint density at radius 3 is 2.39 bits per heavy atom. The predicted molar refractivity (Wildman–Crippen MR) is 104 cm³/mol. The van der Waals surface area contributed by atoms with Crippen molar-refractivity contribution in [2.24, 2.45) is 5.92 Å². The maximum Gasteiger partial charge on any atom is 0.253 e. The average molecular weight is 391 g/mol. The second-order valence-corrected chi connectivity index (χ2v) is 7.85. The van der Waals surface area contributed by atoms with Crippen LogP contribution in [0.25, 0.3) is 0 Å². The third-order valence-corrected chi connectivity index (χ3v) is 5.80. The van der Waals surface area contributed by atoms with Gasteiger partial charge < -0.3 is 20.6 Å². The topological polar surface area (TPSA) is 81.7 Å². The van der Waals surface area contributed by atoms with E-state index in [2.05, 4.69) is 15.5 Å². The summed E-state index contributed by atoms with van der Waals surface area (Å²) in [6.45, 7) is 3.87. The van der Waals surface area contributed by atoms with Gasteiger partial charge in [0.15, 0.2) is 6.10 Å². The van der Waals surface area contributed by atoms with E-state index in [0.29, 0.717) is 24.9 Å².